The summed E-state index contributed by atoms with van der Waals surface area (Å²) < 4.78 is 0. The summed E-state index contributed by atoms with van der Waals surface area (Å²) in [6, 6.07) is 6.70. The van der Waals surface area contributed by atoms with Gasteiger partial charge in [-0.15, -0.1) is 0 Å². The van der Waals surface area contributed by atoms with Gasteiger partial charge in [0, 0.05) is 56.6 Å². The molecule has 5 amide bonds. The van der Waals surface area contributed by atoms with Crippen molar-refractivity contribution in [3.05, 3.63) is 29.8 Å². The highest BCUT2D eigenvalue weighted by Gasteiger charge is 2.29. The SMILES string of the molecule is CC(C)NC(=O)C(=O)N1CCN(C(=O)c2cccc(N3CCNC3=O)c2)CC1. The molecule has 2 aliphatic rings. The van der Waals surface area contributed by atoms with Gasteiger partial charge in [0.25, 0.3) is 5.91 Å². The first kappa shape index (κ1) is 19.7. The van der Waals surface area contributed by atoms with E-state index < -0.39 is 11.8 Å². The van der Waals surface area contributed by atoms with Crippen molar-refractivity contribution in [2.24, 2.45) is 0 Å². The molecular weight excluding hydrogens is 362 g/mol. The molecule has 9 heteroatoms. The Labute approximate surface area is 163 Å². The highest BCUT2D eigenvalue weighted by molar-refractivity contribution is 6.35. The average Bonchev–Trinajstić information content (AvgIpc) is 3.12. The number of carbonyl (C=O) groups is 4. The van der Waals surface area contributed by atoms with E-state index in [-0.39, 0.29) is 18.0 Å². The van der Waals surface area contributed by atoms with Gasteiger partial charge in [-0.3, -0.25) is 19.3 Å². The summed E-state index contributed by atoms with van der Waals surface area (Å²) in [6.07, 6.45) is 0. The lowest BCUT2D eigenvalue weighted by molar-refractivity contribution is -0.147. The summed E-state index contributed by atoms with van der Waals surface area (Å²) in [6.45, 7) is 6.06. The fourth-order valence-electron chi connectivity index (χ4n) is 3.29. The summed E-state index contributed by atoms with van der Waals surface area (Å²) in [5, 5.41) is 5.33. The van der Waals surface area contributed by atoms with Crippen LogP contribution in [-0.2, 0) is 9.59 Å². The van der Waals surface area contributed by atoms with Gasteiger partial charge in [0.1, 0.15) is 0 Å². The third kappa shape index (κ3) is 4.24. The number of piperazine rings is 1. The molecule has 0 aliphatic carbocycles. The van der Waals surface area contributed by atoms with Crippen LogP contribution in [0, 0.1) is 0 Å². The summed E-state index contributed by atoms with van der Waals surface area (Å²) >= 11 is 0. The maximum atomic E-state index is 12.8. The van der Waals surface area contributed by atoms with Gasteiger partial charge in [0.15, 0.2) is 0 Å². The zero-order valence-electron chi connectivity index (χ0n) is 16.1. The van der Waals surface area contributed by atoms with E-state index in [4.69, 9.17) is 0 Å². The number of benzene rings is 1. The van der Waals surface area contributed by atoms with Crippen LogP contribution in [0.2, 0.25) is 0 Å². The fraction of sp³-hybridized carbons (Fsp3) is 0.474. The molecule has 0 spiro atoms. The van der Waals surface area contributed by atoms with E-state index >= 15 is 0 Å². The number of anilines is 1. The van der Waals surface area contributed by atoms with Crippen molar-refractivity contribution in [3.63, 3.8) is 0 Å². The monoisotopic (exact) mass is 387 g/mol. The van der Waals surface area contributed by atoms with Crippen molar-refractivity contribution in [1.82, 2.24) is 20.4 Å². The van der Waals surface area contributed by atoms with Crippen LogP contribution < -0.4 is 15.5 Å². The summed E-state index contributed by atoms with van der Waals surface area (Å²) in [4.78, 5) is 53.4. The first-order valence-electron chi connectivity index (χ1n) is 9.41. The van der Waals surface area contributed by atoms with Crippen LogP contribution in [0.5, 0.6) is 0 Å². The number of amides is 5. The zero-order chi connectivity index (χ0) is 20.3. The topological polar surface area (TPSA) is 102 Å². The highest BCUT2D eigenvalue weighted by Crippen LogP contribution is 2.19. The first-order valence-corrected chi connectivity index (χ1v) is 9.41. The van der Waals surface area contributed by atoms with Gasteiger partial charge in [0.05, 0.1) is 0 Å². The maximum absolute atomic E-state index is 12.8. The Kier molecular flexibility index (Phi) is 5.81. The lowest BCUT2D eigenvalue weighted by Gasteiger charge is -2.34. The van der Waals surface area contributed by atoms with Gasteiger partial charge in [-0.05, 0) is 32.0 Å². The average molecular weight is 387 g/mol. The lowest BCUT2D eigenvalue weighted by Crippen LogP contribution is -2.54. The van der Waals surface area contributed by atoms with E-state index in [0.717, 1.165) is 0 Å². The van der Waals surface area contributed by atoms with Crippen LogP contribution in [0.1, 0.15) is 24.2 Å². The van der Waals surface area contributed by atoms with Gasteiger partial charge in [-0.1, -0.05) is 6.07 Å². The van der Waals surface area contributed by atoms with Crippen molar-refractivity contribution in [1.29, 1.82) is 0 Å². The van der Waals surface area contributed by atoms with Crippen LogP contribution in [0.3, 0.4) is 0 Å². The van der Waals surface area contributed by atoms with E-state index in [0.29, 0.717) is 50.5 Å². The summed E-state index contributed by atoms with van der Waals surface area (Å²) in [5.74, 6) is -1.34. The number of nitrogens with zero attached hydrogens (tertiary/aromatic N) is 3. The van der Waals surface area contributed by atoms with Crippen LogP contribution >= 0.6 is 0 Å². The molecule has 150 valence electrons. The standard InChI is InChI=1S/C19H25N5O4/c1-13(2)21-16(25)18(27)23-10-8-22(9-11-23)17(26)14-4-3-5-15(12-14)24-7-6-20-19(24)28/h3-5,12-13H,6-11H2,1-2H3,(H,20,28)(H,21,25). The molecule has 0 bridgehead atoms. The normalized spacial score (nSPS) is 17.0. The van der Waals surface area contributed by atoms with E-state index in [1.807, 2.05) is 0 Å². The quantitative estimate of drug-likeness (QED) is 0.714. The molecule has 1 aromatic carbocycles. The minimum atomic E-state index is -0.619. The van der Waals surface area contributed by atoms with Gasteiger partial charge < -0.3 is 20.4 Å². The molecule has 3 rings (SSSR count). The predicted octanol–water partition coefficient (Wildman–Crippen LogP) is 0.0252. The molecule has 1 aromatic rings. The number of hydrogen-bond donors (Lipinski definition) is 2. The van der Waals surface area contributed by atoms with Crippen molar-refractivity contribution in [2.45, 2.75) is 19.9 Å². The molecule has 0 aromatic heterocycles. The van der Waals surface area contributed by atoms with Crippen LogP contribution in [0.25, 0.3) is 0 Å². The second-order valence-electron chi connectivity index (χ2n) is 7.15. The molecule has 0 radical (unpaired) electrons. The number of rotatable bonds is 3. The first-order chi connectivity index (χ1) is 13.4. The second-order valence-corrected chi connectivity index (χ2v) is 7.15. The molecule has 2 fully saturated rings. The van der Waals surface area contributed by atoms with Crippen molar-refractivity contribution < 1.29 is 19.2 Å². The van der Waals surface area contributed by atoms with E-state index in [1.54, 1.807) is 47.9 Å². The maximum Gasteiger partial charge on any atom is 0.321 e. The predicted molar refractivity (Wildman–Crippen MR) is 103 cm³/mol. The highest BCUT2D eigenvalue weighted by atomic mass is 16.2. The summed E-state index contributed by atoms with van der Waals surface area (Å²) in [5.41, 5.74) is 1.18. The molecular formula is C19H25N5O4. The molecule has 0 unspecified atom stereocenters. The number of hydrogen-bond acceptors (Lipinski definition) is 4. The smallest absolute Gasteiger partial charge is 0.321 e. The Bertz CT molecular complexity index is 786. The zero-order valence-corrected chi connectivity index (χ0v) is 16.1. The van der Waals surface area contributed by atoms with Gasteiger partial charge in [0.2, 0.25) is 0 Å². The largest absolute Gasteiger partial charge is 0.346 e. The van der Waals surface area contributed by atoms with E-state index in [9.17, 15) is 19.2 Å². The summed E-state index contributed by atoms with van der Waals surface area (Å²) in [7, 11) is 0. The van der Waals surface area contributed by atoms with Gasteiger partial charge >= 0.3 is 17.8 Å². The Morgan fingerprint density at radius 2 is 1.71 bits per heavy atom. The molecule has 9 nitrogen and oxygen atoms in total. The molecule has 2 aliphatic heterocycles. The van der Waals surface area contributed by atoms with Crippen molar-refractivity contribution >= 4 is 29.4 Å². The number of urea groups is 1. The number of carbonyl (C=O) groups excluding carboxylic acids is 4. The minimum Gasteiger partial charge on any atom is -0.346 e. The number of nitrogens with one attached hydrogen (secondary N) is 2. The van der Waals surface area contributed by atoms with E-state index in [1.165, 1.54) is 4.90 Å². The van der Waals surface area contributed by atoms with Gasteiger partial charge in [-0.25, -0.2) is 4.79 Å². The Morgan fingerprint density at radius 1 is 1.04 bits per heavy atom. The Balaban J connectivity index is 1.60. The third-order valence-corrected chi connectivity index (χ3v) is 4.73. The molecule has 2 N–H and O–H groups in total. The molecule has 2 saturated heterocycles. The van der Waals surface area contributed by atoms with Crippen molar-refractivity contribution in [2.75, 3.05) is 44.2 Å². The van der Waals surface area contributed by atoms with Gasteiger partial charge in [-0.2, -0.15) is 0 Å². The fourth-order valence-corrected chi connectivity index (χ4v) is 3.29. The molecule has 0 saturated carbocycles. The Hall–Kier alpha value is -3.10. The van der Waals surface area contributed by atoms with Crippen molar-refractivity contribution in [3.8, 4) is 0 Å². The third-order valence-electron chi connectivity index (χ3n) is 4.73. The Morgan fingerprint density at radius 3 is 2.32 bits per heavy atom. The molecule has 28 heavy (non-hydrogen) atoms. The molecule has 0 atom stereocenters. The van der Waals surface area contributed by atoms with Crippen LogP contribution in [0.4, 0.5) is 10.5 Å². The second kappa shape index (κ2) is 8.28. The lowest BCUT2D eigenvalue weighted by atomic mass is 10.1. The van der Waals surface area contributed by atoms with Crippen LogP contribution in [-0.4, -0.2) is 78.9 Å². The molecule has 2 heterocycles. The minimum absolute atomic E-state index is 0.107. The van der Waals surface area contributed by atoms with E-state index in [2.05, 4.69) is 10.6 Å². The van der Waals surface area contributed by atoms with Crippen LogP contribution in [0.15, 0.2) is 24.3 Å².